The summed E-state index contributed by atoms with van der Waals surface area (Å²) in [4.78, 5) is 2.30. The maximum atomic E-state index is 5.93. The minimum absolute atomic E-state index is 0.120. The number of para-hydroxylation sites is 1. The first-order chi connectivity index (χ1) is 8.93. The van der Waals surface area contributed by atoms with Crippen LogP contribution in [0.2, 0.25) is 0 Å². The Hall–Kier alpha value is -1.32. The predicted molar refractivity (Wildman–Crippen MR) is 80.1 cm³/mol. The van der Waals surface area contributed by atoms with Gasteiger partial charge in [-0.25, -0.2) is 0 Å². The molecular weight excluding hydrogens is 236 g/mol. The third kappa shape index (κ3) is 3.17. The first kappa shape index (κ1) is 14.1. The van der Waals surface area contributed by atoms with Crippen molar-refractivity contribution in [3.05, 3.63) is 36.1 Å². The number of nitrogens with zero attached hydrogens (tertiary/aromatic N) is 1. The molecule has 2 rings (SSSR count). The van der Waals surface area contributed by atoms with Gasteiger partial charge in [-0.15, -0.1) is 0 Å². The largest absolute Gasteiger partial charge is 0.459 e. The number of nitrogens with two attached hydrogens (primary N) is 1. The first-order valence-electron chi connectivity index (χ1n) is 6.82. The highest BCUT2D eigenvalue weighted by Crippen LogP contribution is 2.28. The number of furan rings is 1. The molecule has 0 radical (unpaired) electrons. The summed E-state index contributed by atoms with van der Waals surface area (Å²) in [6, 6.07) is 10.5. The van der Waals surface area contributed by atoms with Crippen LogP contribution in [0.15, 0.2) is 34.7 Å². The predicted octanol–water partition coefficient (Wildman–Crippen LogP) is 3.41. The van der Waals surface area contributed by atoms with Gasteiger partial charge in [-0.3, -0.25) is 4.90 Å². The van der Waals surface area contributed by atoms with Crippen molar-refractivity contribution in [2.45, 2.75) is 26.8 Å². The quantitative estimate of drug-likeness (QED) is 0.895. The van der Waals surface area contributed by atoms with E-state index >= 15 is 0 Å². The Morgan fingerprint density at radius 3 is 2.63 bits per heavy atom. The third-order valence-electron chi connectivity index (χ3n) is 3.75. The lowest BCUT2D eigenvalue weighted by Crippen LogP contribution is -2.37. The van der Waals surface area contributed by atoms with Crippen LogP contribution in [-0.2, 0) is 0 Å². The number of benzene rings is 1. The van der Waals surface area contributed by atoms with E-state index in [1.807, 2.05) is 18.2 Å². The molecule has 1 atom stereocenters. The van der Waals surface area contributed by atoms with Crippen LogP contribution in [0, 0.1) is 5.41 Å². The van der Waals surface area contributed by atoms with E-state index in [-0.39, 0.29) is 11.5 Å². The standard InChI is InChI=1S/C16H24N2O/c1-12(18(4)11-16(2,3)10-17)15-9-13-7-5-6-8-14(13)19-15/h5-9,12H,10-11,17H2,1-4H3. The highest BCUT2D eigenvalue weighted by atomic mass is 16.3. The molecule has 0 aliphatic heterocycles. The molecule has 0 fully saturated rings. The summed E-state index contributed by atoms with van der Waals surface area (Å²) in [5.74, 6) is 1.01. The molecule has 1 aromatic carbocycles. The monoisotopic (exact) mass is 260 g/mol. The van der Waals surface area contributed by atoms with Crippen LogP contribution in [-0.4, -0.2) is 25.0 Å². The highest BCUT2D eigenvalue weighted by molar-refractivity contribution is 5.77. The van der Waals surface area contributed by atoms with Crippen LogP contribution in [0.4, 0.5) is 0 Å². The summed E-state index contributed by atoms with van der Waals surface area (Å²) in [5.41, 5.74) is 6.88. The Balaban J connectivity index is 2.16. The lowest BCUT2D eigenvalue weighted by atomic mass is 9.92. The molecule has 0 saturated carbocycles. The lowest BCUT2D eigenvalue weighted by molar-refractivity contribution is 0.161. The van der Waals surface area contributed by atoms with Crippen molar-refractivity contribution >= 4 is 11.0 Å². The fourth-order valence-electron chi connectivity index (χ4n) is 2.30. The van der Waals surface area contributed by atoms with Gasteiger partial charge in [-0.05, 0) is 38.1 Å². The second kappa shape index (κ2) is 5.35. The molecule has 1 unspecified atom stereocenters. The lowest BCUT2D eigenvalue weighted by Gasteiger charge is -2.32. The molecule has 0 spiro atoms. The Morgan fingerprint density at radius 1 is 1.32 bits per heavy atom. The van der Waals surface area contributed by atoms with Crippen molar-refractivity contribution in [3.63, 3.8) is 0 Å². The van der Waals surface area contributed by atoms with Crippen molar-refractivity contribution in [3.8, 4) is 0 Å². The van der Waals surface area contributed by atoms with Gasteiger partial charge in [0.15, 0.2) is 0 Å². The van der Waals surface area contributed by atoms with Gasteiger partial charge < -0.3 is 10.2 Å². The summed E-state index contributed by atoms with van der Waals surface area (Å²) in [6.45, 7) is 8.18. The molecule has 19 heavy (non-hydrogen) atoms. The first-order valence-corrected chi connectivity index (χ1v) is 6.82. The zero-order chi connectivity index (χ0) is 14.0. The van der Waals surface area contributed by atoms with E-state index in [2.05, 4.69) is 44.9 Å². The van der Waals surface area contributed by atoms with Gasteiger partial charge in [-0.2, -0.15) is 0 Å². The Bertz CT molecular complexity index is 511. The van der Waals surface area contributed by atoms with Crippen LogP contribution in [0.5, 0.6) is 0 Å². The summed E-state index contributed by atoms with van der Waals surface area (Å²) in [6.07, 6.45) is 0. The topological polar surface area (TPSA) is 42.4 Å². The average Bonchev–Trinajstić information content (AvgIpc) is 2.81. The van der Waals surface area contributed by atoms with Gasteiger partial charge in [0.05, 0.1) is 6.04 Å². The van der Waals surface area contributed by atoms with Crippen LogP contribution in [0.3, 0.4) is 0 Å². The van der Waals surface area contributed by atoms with Gasteiger partial charge in [-0.1, -0.05) is 32.0 Å². The molecular formula is C16H24N2O. The zero-order valence-electron chi connectivity index (χ0n) is 12.3. The van der Waals surface area contributed by atoms with E-state index in [9.17, 15) is 0 Å². The fraction of sp³-hybridized carbons (Fsp3) is 0.500. The summed E-state index contributed by atoms with van der Waals surface area (Å²) in [5, 5.41) is 1.16. The number of hydrogen-bond donors (Lipinski definition) is 1. The van der Waals surface area contributed by atoms with Gasteiger partial charge in [0.2, 0.25) is 0 Å². The van der Waals surface area contributed by atoms with Gasteiger partial charge in [0.1, 0.15) is 11.3 Å². The van der Waals surface area contributed by atoms with E-state index in [4.69, 9.17) is 10.2 Å². The molecule has 0 bridgehead atoms. The Labute approximate surface area is 115 Å². The molecule has 2 aromatic rings. The van der Waals surface area contributed by atoms with Gasteiger partial charge >= 0.3 is 0 Å². The van der Waals surface area contributed by atoms with Crippen LogP contribution < -0.4 is 5.73 Å². The summed E-state index contributed by atoms with van der Waals surface area (Å²) >= 11 is 0. The fourth-order valence-corrected chi connectivity index (χ4v) is 2.30. The maximum Gasteiger partial charge on any atom is 0.134 e. The molecule has 0 aliphatic carbocycles. The minimum atomic E-state index is 0.120. The number of fused-ring (bicyclic) bond motifs is 1. The van der Waals surface area contributed by atoms with Crippen LogP contribution >= 0.6 is 0 Å². The second-order valence-corrected chi connectivity index (χ2v) is 6.15. The van der Waals surface area contributed by atoms with Crippen LogP contribution in [0.1, 0.15) is 32.6 Å². The highest BCUT2D eigenvalue weighted by Gasteiger charge is 2.23. The second-order valence-electron chi connectivity index (χ2n) is 6.15. The van der Waals surface area contributed by atoms with E-state index in [1.165, 1.54) is 0 Å². The normalized spacial score (nSPS) is 14.2. The number of rotatable bonds is 5. The number of hydrogen-bond acceptors (Lipinski definition) is 3. The molecule has 2 N–H and O–H groups in total. The molecule has 104 valence electrons. The molecule has 3 heteroatoms. The zero-order valence-corrected chi connectivity index (χ0v) is 12.3. The molecule has 1 heterocycles. The Morgan fingerprint density at radius 2 is 2.00 bits per heavy atom. The van der Waals surface area contributed by atoms with Crippen molar-refractivity contribution < 1.29 is 4.42 Å². The molecule has 1 aromatic heterocycles. The SMILES string of the molecule is CC(c1cc2ccccc2o1)N(C)CC(C)(C)CN. The average molecular weight is 260 g/mol. The summed E-state index contributed by atoms with van der Waals surface area (Å²) in [7, 11) is 2.12. The van der Waals surface area contributed by atoms with Crippen molar-refractivity contribution in [1.29, 1.82) is 0 Å². The van der Waals surface area contributed by atoms with Crippen LogP contribution in [0.25, 0.3) is 11.0 Å². The maximum absolute atomic E-state index is 5.93. The smallest absolute Gasteiger partial charge is 0.134 e. The molecule has 3 nitrogen and oxygen atoms in total. The van der Waals surface area contributed by atoms with E-state index < -0.39 is 0 Å². The van der Waals surface area contributed by atoms with Crippen molar-refractivity contribution in [1.82, 2.24) is 4.90 Å². The van der Waals surface area contributed by atoms with E-state index in [1.54, 1.807) is 0 Å². The van der Waals surface area contributed by atoms with E-state index in [0.717, 1.165) is 23.3 Å². The van der Waals surface area contributed by atoms with Gasteiger partial charge in [0.25, 0.3) is 0 Å². The minimum Gasteiger partial charge on any atom is -0.459 e. The van der Waals surface area contributed by atoms with Gasteiger partial charge in [0, 0.05) is 11.9 Å². The molecule has 0 amide bonds. The van der Waals surface area contributed by atoms with E-state index in [0.29, 0.717) is 6.54 Å². The van der Waals surface area contributed by atoms with Crippen molar-refractivity contribution in [2.24, 2.45) is 11.1 Å². The van der Waals surface area contributed by atoms with Crippen molar-refractivity contribution in [2.75, 3.05) is 20.1 Å². The third-order valence-corrected chi connectivity index (χ3v) is 3.75. The molecule has 0 aliphatic rings. The Kier molecular flexibility index (Phi) is 3.97. The summed E-state index contributed by atoms with van der Waals surface area (Å²) < 4.78 is 5.93. The molecule has 0 saturated heterocycles.